The van der Waals surface area contributed by atoms with Crippen LogP contribution in [0.1, 0.15) is 48.3 Å². The van der Waals surface area contributed by atoms with Crippen LogP contribution in [0.5, 0.6) is 0 Å². The molecule has 16 heavy (non-hydrogen) atoms. The Labute approximate surface area is 98.3 Å². The van der Waals surface area contributed by atoms with Crippen molar-refractivity contribution in [3.63, 3.8) is 0 Å². The van der Waals surface area contributed by atoms with Crippen LogP contribution >= 0.6 is 0 Å². The fraction of sp³-hybridized carbons (Fsp3) is 0.600. The molecule has 1 spiro atoms. The van der Waals surface area contributed by atoms with Gasteiger partial charge in [-0.05, 0) is 62.1 Å². The summed E-state index contributed by atoms with van der Waals surface area (Å²) in [4.78, 5) is 0. The van der Waals surface area contributed by atoms with Crippen LogP contribution in [0.2, 0.25) is 0 Å². The van der Waals surface area contributed by atoms with Gasteiger partial charge < -0.3 is 5.32 Å². The molecule has 0 saturated heterocycles. The van der Waals surface area contributed by atoms with Gasteiger partial charge in [-0.15, -0.1) is 0 Å². The third kappa shape index (κ3) is 1.49. The first-order valence-electron chi connectivity index (χ1n) is 6.51. The molecule has 0 aromatic heterocycles. The molecule has 1 fully saturated rings. The van der Waals surface area contributed by atoms with Gasteiger partial charge in [-0.2, -0.15) is 0 Å². The molecule has 0 aliphatic heterocycles. The van der Waals surface area contributed by atoms with E-state index in [-0.39, 0.29) is 0 Å². The Bertz CT molecular complexity index is 404. The summed E-state index contributed by atoms with van der Waals surface area (Å²) in [6.07, 6.45) is 5.64. The van der Waals surface area contributed by atoms with Crippen molar-refractivity contribution in [2.75, 3.05) is 13.6 Å². The molecule has 1 heteroatoms. The molecule has 1 saturated carbocycles. The maximum Gasteiger partial charge on any atom is 0.00172 e. The molecule has 0 bridgehead atoms. The van der Waals surface area contributed by atoms with E-state index >= 15 is 0 Å². The van der Waals surface area contributed by atoms with Gasteiger partial charge in [0.1, 0.15) is 0 Å². The fourth-order valence-electron chi connectivity index (χ4n) is 3.37. The predicted octanol–water partition coefficient (Wildman–Crippen LogP) is 3.12. The summed E-state index contributed by atoms with van der Waals surface area (Å²) in [5, 5.41) is 3.35. The van der Waals surface area contributed by atoms with E-state index in [9.17, 15) is 0 Å². The molecule has 86 valence electrons. The number of likely N-dealkylation sites (N-methyl/N-ethyl adjacent to an activating group) is 1. The molecular formula is C15H21N. The fourth-order valence-corrected chi connectivity index (χ4v) is 3.37. The molecule has 1 atom stereocenters. The topological polar surface area (TPSA) is 12.0 Å². The number of benzene rings is 1. The second-order valence-corrected chi connectivity index (χ2v) is 5.66. The highest BCUT2D eigenvalue weighted by Crippen LogP contribution is 2.57. The summed E-state index contributed by atoms with van der Waals surface area (Å²) < 4.78 is 0. The second kappa shape index (κ2) is 3.59. The quantitative estimate of drug-likeness (QED) is 0.799. The minimum atomic E-state index is 0.604. The van der Waals surface area contributed by atoms with Crippen LogP contribution in [0.3, 0.4) is 0 Å². The Kier molecular flexibility index (Phi) is 2.32. The van der Waals surface area contributed by atoms with Crippen LogP contribution in [0.4, 0.5) is 0 Å². The summed E-state index contributed by atoms with van der Waals surface area (Å²) >= 11 is 0. The molecular weight excluding hydrogens is 194 g/mol. The average Bonchev–Trinajstić information content (AvgIpc) is 3.04. The smallest absolute Gasteiger partial charge is 0.00172 e. The molecule has 3 rings (SSSR count). The van der Waals surface area contributed by atoms with E-state index in [1.165, 1.54) is 31.2 Å². The van der Waals surface area contributed by atoms with E-state index in [1.54, 1.807) is 11.1 Å². The molecule has 1 unspecified atom stereocenters. The lowest BCUT2D eigenvalue weighted by Gasteiger charge is -2.32. The van der Waals surface area contributed by atoms with Crippen LogP contribution in [0.15, 0.2) is 18.2 Å². The van der Waals surface area contributed by atoms with E-state index in [0.29, 0.717) is 5.41 Å². The zero-order valence-corrected chi connectivity index (χ0v) is 10.3. The largest absolute Gasteiger partial charge is 0.319 e. The maximum atomic E-state index is 3.35. The molecule has 0 heterocycles. The van der Waals surface area contributed by atoms with E-state index < -0.39 is 0 Å². The van der Waals surface area contributed by atoms with Crippen LogP contribution in [-0.4, -0.2) is 13.6 Å². The number of rotatable bonds is 2. The average molecular weight is 215 g/mol. The minimum absolute atomic E-state index is 0.604. The Morgan fingerprint density at radius 2 is 2.12 bits per heavy atom. The normalized spacial score (nSPS) is 25.5. The first-order valence-corrected chi connectivity index (χ1v) is 6.51. The molecule has 1 aromatic rings. The number of hydrogen-bond donors (Lipinski definition) is 1. The zero-order valence-electron chi connectivity index (χ0n) is 10.3. The lowest BCUT2D eigenvalue weighted by molar-refractivity contribution is 0.459. The van der Waals surface area contributed by atoms with Crippen molar-refractivity contribution in [3.05, 3.63) is 34.9 Å². The van der Waals surface area contributed by atoms with Crippen LogP contribution < -0.4 is 5.32 Å². The molecule has 0 radical (unpaired) electrons. The van der Waals surface area contributed by atoms with Gasteiger partial charge in [0, 0.05) is 6.54 Å². The molecule has 2 aliphatic carbocycles. The van der Waals surface area contributed by atoms with Crippen molar-refractivity contribution in [3.8, 4) is 0 Å². The van der Waals surface area contributed by atoms with Crippen molar-refractivity contribution in [1.29, 1.82) is 0 Å². The highest BCUT2D eigenvalue weighted by Gasteiger charge is 2.48. The van der Waals surface area contributed by atoms with Gasteiger partial charge >= 0.3 is 0 Å². The van der Waals surface area contributed by atoms with Gasteiger partial charge in [-0.3, -0.25) is 0 Å². The van der Waals surface area contributed by atoms with Gasteiger partial charge in [-0.25, -0.2) is 0 Å². The highest BCUT2D eigenvalue weighted by atomic mass is 14.8. The monoisotopic (exact) mass is 215 g/mol. The summed E-state index contributed by atoms with van der Waals surface area (Å²) in [6, 6.07) is 7.12. The highest BCUT2D eigenvalue weighted by molar-refractivity contribution is 5.45. The third-order valence-corrected chi connectivity index (χ3v) is 4.49. The molecule has 1 aromatic carbocycles. The Morgan fingerprint density at radius 1 is 1.31 bits per heavy atom. The number of aryl methyl sites for hydroxylation is 1. The first kappa shape index (κ1) is 10.3. The maximum absolute atomic E-state index is 3.35. The summed E-state index contributed by atoms with van der Waals surface area (Å²) in [6.45, 7) is 3.34. The molecule has 1 N–H and O–H groups in total. The van der Waals surface area contributed by atoms with Crippen LogP contribution in [-0.2, 0) is 5.41 Å². The number of hydrogen-bond acceptors (Lipinski definition) is 1. The van der Waals surface area contributed by atoms with Crippen molar-refractivity contribution >= 4 is 0 Å². The molecule has 2 aliphatic rings. The van der Waals surface area contributed by atoms with Gasteiger partial charge in [0.25, 0.3) is 0 Å². The standard InChI is InChI=1S/C15H21N/c1-11-3-4-14-13(9-11)12(10-16-2)5-6-15(14)7-8-15/h3-4,9,12,16H,5-8,10H2,1-2H3. The second-order valence-electron chi connectivity index (χ2n) is 5.66. The van der Waals surface area contributed by atoms with E-state index in [4.69, 9.17) is 0 Å². The molecule has 1 nitrogen and oxygen atoms in total. The van der Waals surface area contributed by atoms with E-state index in [1.807, 2.05) is 0 Å². The minimum Gasteiger partial charge on any atom is -0.319 e. The van der Waals surface area contributed by atoms with Crippen molar-refractivity contribution < 1.29 is 0 Å². The first-order chi connectivity index (χ1) is 7.75. The van der Waals surface area contributed by atoms with Crippen LogP contribution in [0.25, 0.3) is 0 Å². The Hall–Kier alpha value is -0.820. The number of nitrogens with one attached hydrogen (secondary N) is 1. The summed E-state index contributed by atoms with van der Waals surface area (Å²) in [5.74, 6) is 0.742. The van der Waals surface area contributed by atoms with Gasteiger partial charge in [0.05, 0.1) is 0 Å². The number of fused-ring (bicyclic) bond motifs is 2. The van der Waals surface area contributed by atoms with Crippen LogP contribution in [0, 0.1) is 6.92 Å². The van der Waals surface area contributed by atoms with Gasteiger partial charge in [0.15, 0.2) is 0 Å². The van der Waals surface area contributed by atoms with Gasteiger partial charge in [-0.1, -0.05) is 23.8 Å². The summed E-state index contributed by atoms with van der Waals surface area (Å²) in [5.41, 5.74) is 5.33. The van der Waals surface area contributed by atoms with Crippen molar-refractivity contribution in [1.82, 2.24) is 5.32 Å². The van der Waals surface area contributed by atoms with Crippen molar-refractivity contribution in [2.24, 2.45) is 0 Å². The lowest BCUT2D eigenvalue weighted by Crippen LogP contribution is -2.26. The zero-order chi connectivity index (χ0) is 11.2. The SMILES string of the molecule is CNCC1CCC2(CC2)c2ccc(C)cc21. The summed E-state index contributed by atoms with van der Waals surface area (Å²) in [7, 11) is 2.07. The van der Waals surface area contributed by atoms with Crippen molar-refractivity contribution in [2.45, 2.75) is 43.9 Å². The predicted molar refractivity (Wildman–Crippen MR) is 68.0 cm³/mol. The van der Waals surface area contributed by atoms with E-state index in [0.717, 1.165) is 12.5 Å². The third-order valence-electron chi connectivity index (χ3n) is 4.49. The Balaban J connectivity index is 2.04. The van der Waals surface area contributed by atoms with Gasteiger partial charge in [0.2, 0.25) is 0 Å². The lowest BCUT2D eigenvalue weighted by atomic mass is 9.74. The van der Waals surface area contributed by atoms with E-state index in [2.05, 4.69) is 37.5 Å². The molecule has 0 amide bonds. The Morgan fingerprint density at radius 3 is 2.81 bits per heavy atom.